The number of piperidine rings is 1. The summed E-state index contributed by atoms with van der Waals surface area (Å²) < 4.78 is 61.7. The Balaban J connectivity index is 1.38. The van der Waals surface area contributed by atoms with Crippen LogP contribution in [-0.4, -0.2) is 43.0 Å². The average Bonchev–Trinajstić information content (AvgIpc) is 3.01. The summed E-state index contributed by atoms with van der Waals surface area (Å²) in [5.41, 5.74) is 0.275. The summed E-state index contributed by atoms with van der Waals surface area (Å²) >= 11 is 5.91. The normalized spacial score (nSPS) is 18.9. The van der Waals surface area contributed by atoms with Crippen molar-refractivity contribution >= 4 is 33.2 Å². The molecule has 3 heterocycles. The fourth-order valence-electron chi connectivity index (χ4n) is 3.33. The Labute approximate surface area is 175 Å². The average molecular weight is 460 g/mol. The summed E-state index contributed by atoms with van der Waals surface area (Å²) in [6.07, 6.45) is -1.74. The number of hydrogen-bond acceptors (Lipinski definition) is 6. The van der Waals surface area contributed by atoms with Gasteiger partial charge in [0.15, 0.2) is 11.5 Å². The summed E-state index contributed by atoms with van der Waals surface area (Å²) in [4.78, 5) is 16.3. The molecule has 8 nitrogen and oxygen atoms in total. The molecule has 0 spiro atoms. The van der Waals surface area contributed by atoms with Gasteiger partial charge in [-0.3, -0.25) is 4.79 Å². The molecule has 2 aliphatic heterocycles. The molecule has 12 heteroatoms. The van der Waals surface area contributed by atoms with E-state index < -0.39 is 22.2 Å². The molecule has 0 aliphatic carbocycles. The van der Waals surface area contributed by atoms with Crippen molar-refractivity contribution in [3.05, 3.63) is 41.7 Å². The number of pyridine rings is 1. The second-order valence-corrected chi connectivity index (χ2v) is 9.05. The highest BCUT2D eigenvalue weighted by atomic mass is 35.5. The highest BCUT2D eigenvalue weighted by Crippen LogP contribution is 2.42. The smallest absolute Gasteiger partial charge is 0.395 e. The summed E-state index contributed by atoms with van der Waals surface area (Å²) in [6.45, 7) is 0.276. The van der Waals surface area contributed by atoms with Crippen molar-refractivity contribution in [1.29, 1.82) is 0 Å². The van der Waals surface area contributed by atoms with Gasteiger partial charge in [-0.25, -0.2) is 13.4 Å². The van der Waals surface area contributed by atoms with E-state index >= 15 is 0 Å². The van der Waals surface area contributed by atoms with Crippen molar-refractivity contribution in [3.8, 4) is 11.5 Å². The van der Waals surface area contributed by atoms with Gasteiger partial charge in [0.2, 0.25) is 15.9 Å². The quantitative estimate of drug-likeness (QED) is 0.705. The number of aromatic nitrogens is 1. The number of nitrogens with one attached hydrogen (secondary N) is 1. The van der Waals surface area contributed by atoms with Crippen LogP contribution >= 0.6 is 11.6 Å². The Hall–Kier alpha value is -2.50. The lowest BCUT2D eigenvalue weighted by atomic mass is 9.97. The van der Waals surface area contributed by atoms with Crippen molar-refractivity contribution in [2.24, 2.45) is 5.92 Å². The third-order valence-corrected chi connectivity index (χ3v) is 7.18. The lowest BCUT2D eigenvalue weighted by molar-refractivity contribution is -0.286. The fraction of sp³-hybridized carbons (Fsp3) is 0.333. The second-order valence-electron chi connectivity index (χ2n) is 6.79. The van der Waals surface area contributed by atoms with Crippen LogP contribution in [-0.2, 0) is 14.8 Å². The Morgan fingerprint density at radius 1 is 1.20 bits per heavy atom. The molecule has 1 aromatic heterocycles. The summed E-state index contributed by atoms with van der Waals surface area (Å²) in [5, 5.41) is 2.54. The van der Waals surface area contributed by atoms with E-state index in [-0.39, 0.29) is 46.2 Å². The van der Waals surface area contributed by atoms with E-state index in [2.05, 4.69) is 19.8 Å². The first-order valence-corrected chi connectivity index (χ1v) is 10.8. The zero-order valence-corrected chi connectivity index (χ0v) is 16.9. The maximum Gasteiger partial charge on any atom is 0.586 e. The van der Waals surface area contributed by atoms with E-state index in [1.165, 1.54) is 40.8 Å². The van der Waals surface area contributed by atoms with Gasteiger partial charge in [-0.2, -0.15) is 4.31 Å². The lowest BCUT2D eigenvalue weighted by Crippen LogP contribution is -2.41. The van der Waals surface area contributed by atoms with Crippen LogP contribution in [0.15, 0.2) is 41.4 Å². The molecule has 1 fully saturated rings. The largest absolute Gasteiger partial charge is 0.586 e. The number of hydrogen-bond donors (Lipinski definition) is 1. The van der Waals surface area contributed by atoms with Crippen molar-refractivity contribution < 1.29 is 31.5 Å². The van der Waals surface area contributed by atoms with E-state index in [0.29, 0.717) is 12.8 Å². The van der Waals surface area contributed by atoms with Gasteiger partial charge in [0.1, 0.15) is 10.0 Å². The Morgan fingerprint density at radius 3 is 2.60 bits per heavy atom. The van der Waals surface area contributed by atoms with E-state index in [1.807, 2.05) is 0 Å². The standard InChI is InChI=1S/C18H16ClF2N3O5S/c19-16-15(2-1-7-22-16)30(26,27)24-8-5-11(6-9-24)17(25)23-12-3-4-13-14(10-12)29-18(20,21)28-13/h1-4,7,10-11H,5-6,8-9H2,(H,23,25). The molecular weight excluding hydrogens is 444 g/mol. The van der Waals surface area contributed by atoms with Crippen molar-refractivity contribution in [1.82, 2.24) is 9.29 Å². The molecule has 0 bridgehead atoms. The molecule has 2 aliphatic rings. The number of sulfonamides is 1. The van der Waals surface area contributed by atoms with Crippen LogP contribution in [0.5, 0.6) is 11.5 Å². The minimum absolute atomic E-state index is 0.0771. The molecule has 1 aromatic carbocycles. The number of carbonyl (C=O) groups is 1. The zero-order chi connectivity index (χ0) is 21.5. The van der Waals surface area contributed by atoms with E-state index in [1.54, 1.807) is 0 Å². The number of amides is 1. The minimum atomic E-state index is -3.81. The van der Waals surface area contributed by atoms with Gasteiger partial charge in [0.05, 0.1) is 0 Å². The number of rotatable bonds is 4. The fourth-order valence-corrected chi connectivity index (χ4v) is 5.23. The molecule has 1 amide bonds. The zero-order valence-electron chi connectivity index (χ0n) is 15.3. The molecule has 0 saturated carbocycles. The third kappa shape index (κ3) is 4.05. The van der Waals surface area contributed by atoms with Gasteiger partial charge >= 0.3 is 6.29 Å². The van der Waals surface area contributed by atoms with Crippen molar-refractivity contribution in [3.63, 3.8) is 0 Å². The highest BCUT2D eigenvalue weighted by molar-refractivity contribution is 7.89. The first-order chi connectivity index (χ1) is 14.2. The summed E-state index contributed by atoms with van der Waals surface area (Å²) in [5.74, 6) is -1.07. The SMILES string of the molecule is O=C(Nc1ccc2c(c1)OC(F)(F)O2)C1CCN(S(=O)(=O)c2cccnc2Cl)CC1. The number of halogens is 3. The van der Waals surface area contributed by atoms with E-state index in [0.717, 1.165) is 0 Å². The van der Waals surface area contributed by atoms with Crippen LogP contribution in [0.4, 0.5) is 14.5 Å². The number of alkyl halides is 2. The molecule has 1 saturated heterocycles. The number of carbonyl (C=O) groups excluding carboxylic acids is 1. The first-order valence-electron chi connectivity index (χ1n) is 8.97. The van der Waals surface area contributed by atoms with Crippen LogP contribution in [0.2, 0.25) is 5.15 Å². The molecule has 0 atom stereocenters. The topological polar surface area (TPSA) is 97.8 Å². The van der Waals surface area contributed by atoms with Gasteiger partial charge < -0.3 is 14.8 Å². The predicted octanol–water partition coefficient (Wildman–Crippen LogP) is 3.10. The van der Waals surface area contributed by atoms with Crippen LogP contribution in [0.3, 0.4) is 0 Å². The minimum Gasteiger partial charge on any atom is -0.395 e. The number of anilines is 1. The van der Waals surface area contributed by atoms with Crippen LogP contribution < -0.4 is 14.8 Å². The van der Waals surface area contributed by atoms with E-state index in [9.17, 15) is 22.0 Å². The Bertz CT molecular complexity index is 1090. The van der Waals surface area contributed by atoms with Gasteiger partial charge in [0.25, 0.3) is 0 Å². The Kier molecular flexibility index (Phi) is 5.28. The maximum atomic E-state index is 13.1. The van der Waals surface area contributed by atoms with Crippen LogP contribution in [0, 0.1) is 5.92 Å². The van der Waals surface area contributed by atoms with E-state index in [4.69, 9.17) is 11.6 Å². The summed E-state index contributed by atoms with van der Waals surface area (Å²) in [7, 11) is -3.81. The maximum absolute atomic E-state index is 13.1. The molecule has 1 N–H and O–H groups in total. The summed E-state index contributed by atoms with van der Waals surface area (Å²) in [6, 6.07) is 6.81. The second kappa shape index (κ2) is 7.64. The predicted molar refractivity (Wildman–Crippen MR) is 102 cm³/mol. The van der Waals surface area contributed by atoms with Gasteiger partial charge in [-0.05, 0) is 37.1 Å². The Morgan fingerprint density at radius 2 is 1.90 bits per heavy atom. The molecule has 2 aromatic rings. The number of nitrogens with zero attached hydrogens (tertiary/aromatic N) is 2. The van der Waals surface area contributed by atoms with Crippen LogP contribution in [0.25, 0.3) is 0 Å². The molecule has 30 heavy (non-hydrogen) atoms. The first kappa shape index (κ1) is 20.8. The molecule has 160 valence electrons. The molecular formula is C18H16ClF2N3O5S. The van der Waals surface area contributed by atoms with Gasteiger partial charge in [-0.15, -0.1) is 8.78 Å². The van der Waals surface area contributed by atoms with Crippen molar-refractivity contribution in [2.75, 3.05) is 18.4 Å². The monoisotopic (exact) mass is 459 g/mol. The number of fused-ring (bicyclic) bond motifs is 1. The molecule has 4 rings (SSSR count). The number of benzene rings is 1. The lowest BCUT2D eigenvalue weighted by Gasteiger charge is -2.30. The van der Waals surface area contributed by atoms with Crippen LogP contribution in [0.1, 0.15) is 12.8 Å². The highest BCUT2D eigenvalue weighted by Gasteiger charge is 2.43. The van der Waals surface area contributed by atoms with Gasteiger partial charge in [0, 0.05) is 37.0 Å². The molecule has 0 radical (unpaired) electrons. The molecule has 0 unspecified atom stereocenters. The van der Waals surface area contributed by atoms with Crippen molar-refractivity contribution in [2.45, 2.75) is 24.0 Å². The van der Waals surface area contributed by atoms with Gasteiger partial charge in [-0.1, -0.05) is 11.6 Å². The number of ether oxygens (including phenoxy) is 2. The third-order valence-electron chi connectivity index (χ3n) is 4.84.